The molecule has 0 spiro atoms. The number of hydrogen-bond donors (Lipinski definition) is 1. The van der Waals surface area contributed by atoms with Crippen molar-refractivity contribution in [3.8, 4) is 5.75 Å². The van der Waals surface area contributed by atoms with Crippen molar-refractivity contribution < 1.29 is 19.1 Å². The van der Waals surface area contributed by atoms with Crippen LogP contribution in [0.3, 0.4) is 0 Å². The first-order valence-corrected chi connectivity index (χ1v) is 9.23. The lowest BCUT2D eigenvalue weighted by Gasteiger charge is -2.27. The molecule has 1 aliphatic rings. The number of nitrogens with one attached hydrogen (secondary N) is 1. The Morgan fingerprint density at radius 1 is 1.19 bits per heavy atom. The molecular formula is C22H25NO4. The first kappa shape index (κ1) is 19.0. The molecule has 0 saturated carbocycles. The summed E-state index contributed by atoms with van der Waals surface area (Å²) in [5.74, 6) is -0.218. The van der Waals surface area contributed by atoms with Gasteiger partial charge in [0, 0.05) is 0 Å². The predicted octanol–water partition coefficient (Wildman–Crippen LogP) is 3.74. The summed E-state index contributed by atoms with van der Waals surface area (Å²) in [6.45, 7) is 3.49. The van der Waals surface area contributed by atoms with Crippen LogP contribution >= 0.6 is 0 Å². The van der Waals surface area contributed by atoms with Gasteiger partial charge < -0.3 is 14.8 Å². The zero-order chi connectivity index (χ0) is 19.4. The highest BCUT2D eigenvalue weighted by atomic mass is 16.5. The van der Waals surface area contributed by atoms with E-state index in [9.17, 15) is 9.59 Å². The summed E-state index contributed by atoms with van der Waals surface area (Å²) in [6.07, 6.45) is 2.07. The summed E-state index contributed by atoms with van der Waals surface area (Å²) >= 11 is 0. The first-order chi connectivity index (χ1) is 13.0. The van der Waals surface area contributed by atoms with E-state index >= 15 is 0 Å². The fourth-order valence-corrected chi connectivity index (χ4v) is 3.42. The van der Waals surface area contributed by atoms with E-state index in [2.05, 4.69) is 17.4 Å². The van der Waals surface area contributed by atoms with Gasteiger partial charge in [0.15, 0.2) is 6.10 Å². The summed E-state index contributed by atoms with van der Waals surface area (Å²) in [7, 11) is 1.55. The molecule has 1 amide bonds. The van der Waals surface area contributed by atoms with Crippen molar-refractivity contribution in [3.05, 3.63) is 64.7 Å². The number of ether oxygens (including phenoxy) is 2. The summed E-state index contributed by atoms with van der Waals surface area (Å²) < 4.78 is 10.6. The highest BCUT2D eigenvalue weighted by Crippen LogP contribution is 2.29. The van der Waals surface area contributed by atoms with Gasteiger partial charge in [0.25, 0.3) is 5.91 Å². The second-order valence-corrected chi connectivity index (χ2v) is 6.88. The Kier molecular flexibility index (Phi) is 5.79. The molecule has 2 aromatic rings. The van der Waals surface area contributed by atoms with Crippen LogP contribution in [0.4, 0.5) is 0 Å². The molecular weight excluding hydrogens is 342 g/mol. The van der Waals surface area contributed by atoms with Crippen molar-refractivity contribution in [1.82, 2.24) is 5.32 Å². The average Bonchev–Trinajstić information content (AvgIpc) is 2.68. The molecule has 1 aliphatic carbocycles. The topological polar surface area (TPSA) is 64.6 Å². The van der Waals surface area contributed by atoms with Crippen molar-refractivity contribution >= 4 is 11.9 Å². The van der Waals surface area contributed by atoms with Gasteiger partial charge in [0.2, 0.25) is 0 Å². The van der Waals surface area contributed by atoms with Crippen LogP contribution in [0.25, 0.3) is 0 Å². The number of amides is 1. The largest absolute Gasteiger partial charge is 0.496 e. The third kappa shape index (κ3) is 4.30. The van der Waals surface area contributed by atoms with E-state index in [0.29, 0.717) is 11.3 Å². The Morgan fingerprint density at radius 3 is 2.74 bits per heavy atom. The van der Waals surface area contributed by atoms with Crippen LogP contribution in [0, 0.1) is 6.92 Å². The molecule has 142 valence electrons. The summed E-state index contributed by atoms with van der Waals surface area (Å²) in [4.78, 5) is 24.9. The van der Waals surface area contributed by atoms with Crippen LogP contribution in [0.15, 0.2) is 42.5 Å². The lowest BCUT2D eigenvalue weighted by molar-refractivity contribution is -0.130. The Morgan fingerprint density at radius 2 is 1.96 bits per heavy atom. The fraction of sp³-hybridized carbons (Fsp3) is 0.364. The standard InChI is InChI=1S/C22H25NO4/c1-14-11-12-17(13-20(14)26-3)22(25)27-15(2)21(24)23-19-10-6-8-16-7-4-5-9-18(16)19/h4-5,7,9,11-13,15,19H,6,8,10H2,1-3H3,(H,23,24)/t15-,19-/m1/s1. The van der Waals surface area contributed by atoms with Gasteiger partial charge in [0.05, 0.1) is 18.7 Å². The molecule has 5 heteroatoms. The van der Waals surface area contributed by atoms with Crippen molar-refractivity contribution in [2.24, 2.45) is 0 Å². The summed E-state index contributed by atoms with van der Waals surface area (Å²) in [6, 6.07) is 13.2. The Labute approximate surface area is 159 Å². The van der Waals surface area contributed by atoms with Gasteiger partial charge in [-0.05, 0) is 61.9 Å². The highest BCUT2D eigenvalue weighted by Gasteiger charge is 2.25. The minimum Gasteiger partial charge on any atom is -0.496 e. The van der Waals surface area contributed by atoms with Crippen LogP contribution in [0.2, 0.25) is 0 Å². The van der Waals surface area contributed by atoms with E-state index in [-0.39, 0.29) is 11.9 Å². The number of methoxy groups -OCH3 is 1. The van der Waals surface area contributed by atoms with Gasteiger partial charge >= 0.3 is 5.97 Å². The third-order valence-corrected chi connectivity index (χ3v) is 4.98. The molecule has 0 radical (unpaired) electrons. The molecule has 0 aromatic heterocycles. The third-order valence-electron chi connectivity index (χ3n) is 4.98. The molecule has 0 saturated heterocycles. The number of aryl methyl sites for hydroxylation is 2. The number of fused-ring (bicyclic) bond motifs is 1. The molecule has 2 atom stereocenters. The van der Waals surface area contributed by atoms with Gasteiger partial charge in [-0.25, -0.2) is 4.79 Å². The molecule has 0 aliphatic heterocycles. The predicted molar refractivity (Wildman–Crippen MR) is 103 cm³/mol. The van der Waals surface area contributed by atoms with Gasteiger partial charge in [-0.15, -0.1) is 0 Å². The van der Waals surface area contributed by atoms with Crippen molar-refractivity contribution in [1.29, 1.82) is 0 Å². The quantitative estimate of drug-likeness (QED) is 0.818. The molecule has 2 aromatic carbocycles. The van der Waals surface area contributed by atoms with E-state index < -0.39 is 12.1 Å². The lowest BCUT2D eigenvalue weighted by atomic mass is 9.87. The molecule has 27 heavy (non-hydrogen) atoms. The Balaban J connectivity index is 1.64. The molecule has 5 nitrogen and oxygen atoms in total. The number of carbonyl (C=O) groups is 2. The number of rotatable bonds is 5. The molecule has 1 N–H and O–H groups in total. The van der Waals surface area contributed by atoms with E-state index in [1.165, 1.54) is 5.56 Å². The van der Waals surface area contributed by atoms with E-state index in [1.54, 1.807) is 32.2 Å². The number of hydrogen-bond acceptors (Lipinski definition) is 4. The number of esters is 1. The summed E-state index contributed by atoms with van der Waals surface area (Å²) in [5, 5.41) is 3.02. The maximum absolute atomic E-state index is 12.6. The monoisotopic (exact) mass is 367 g/mol. The van der Waals surface area contributed by atoms with Crippen LogP contribution in [0.5, 0.6) is 5.75 Å². The zero-order valence-electron chi connectivity index (χ0n) is 16.0. The van der Waals surface area contributed by atoms with Crippen LogP contribution in [-0.4, -0.2) is 25.1 Å². The molecule has 0 bridgehead atoms. The second kappa shape index (κ2) is 8.25. The highest BCUT2D eigenvalue weighted by molar-refractivity contribution is 5.92. The fourth-order valence-electron chi connectivity index (χ4n) is 3.42. The van der Waals surface area contributed by atoms with E-state index in [0.717, 1.165) is 30.4 Å². The van der Waals surface area contributed by atoms with Crippen LogP contribution in [-0.2, 0) is 16.0 Å². The second-order valence-electron chi connectivity index (χ2n) is 6.88. The SMILES string of the molecule is COc1cc(C(=O)O[C@H](C)C(=O)N[C@@H]2CCCc3ccccc32)ccc1C. The van der Waals surface area contributed by atoms with Gasteiger partial charge in [-0.2, -0.15) is 0 Å². The minimum absolute atomic E-state index is 0.0388. The summed E-state index contributed by atoms with van der Waals surface area (Å²) in [5.41, 5.74) is 3.71. The minimum atomic E-state index is -0.876. The first-order valence-electron chi connectivity index (χ1n) is 9.23. The van der Waals surface area contributed by atoms with E-state index in [4.69, 9.17) is 9.47 Å². The number of carbonyl (C=O) groups excluding carboxylic acids is 2. The van der Waals surface area contributed by atoms with Crippen LogP contribution in [0.1, 0.15) is 52.9 Å². The lowest BCUT2D eigenvalue weighted by Crippen LogP contribution is -2.39. The van der Waals surface area contributed by atoms with Crippen molar-refractivity contribution in [3.63, 3.8) is 0 Å². The van der Waals surface area contributed by atoms with Gasteiger partial charge in [-0.3, -0.25) is 4.79 Å². The van der Waals surface area contributed by atoms with Gasteiger partial charge in [0.1, 0.15) is 5.75 Å². The molecule has 0 heterocycles. The van der Waals surface area contributed by atoms with E-state index in [1.807, 2.05) is 19.1 Å². The maximum atomic E-state index is 12.6. The van der Waals surface area contributed by atoms with Crippen molar-refractivity contribution in [2.75, 3.05) is 7.11 Å². The van der Waals surface area contributed by atoms with Crippen molar-refractivity contribution in [2.45, 2.75) is 45.3 Å². The zero-order valence-corrected chi connectivity index (χ0v) is 16.0. The Bertz CT molecular complexity index is 846. The maximum Gasteiger partial charge on any atom is 0.339 e. The molecule has 3 rings (SSSR count). The normalized spacial score (nSPS) is 16.8. The van der Waals surface area contributed by atoms with Crippen LogP contribution < -0.4 is 10.1 Å². The smallest absolute Gasteiger partial charge is 0.339 e. The average molecular weight is 367 g/mol. The van der Waals surface area contributed by atoms with Gasteiger partial charge in [-0.1, -0.05) is 30.3 Å². The molecule has 0 unspecified atom stereocenters. The Hall–Kier alpha value is -2.82. The number of benzene rings is 2. The molecule has 0 fully saturated rings.